The van der Waals surface area contributed by atoms with Gasteiger partial charge in [0.1, 0.15) is 54.3 Å². The van der Waals surface area contributed by atoms with E-state index in [2.05, 4.69) is 42.6 Å². The molecule has 0 saturated carbocycles. The Morgan fingerprint density at radius 3 is 2.15 bits per heavy atom. The first-order valence-corrected chi connectivity index (χ1v) is 32.1. The minimum Gasteiger partial charge on any atom is -0.507 e. The molecule has 5 amide bonds. The van der Waals surface area contributed by atoms with Gasteiger partial charge in [-0.15, -0.1) is 5.10 Å². The zero-order chi connectivity index (χ0) is 69.6. The minimum atomic E-state index is -2.42. The van der Waals surface area contributed by atoms with Gasteiger partial charge >= 0.3 is 6.09 Å². The van der Waals surface area contributed by atoms with E-state index in [0.717, 1.165) is 5.56 Å². The van der Waals surface area contributed by atoms with Crippen LogP contribution in [-0.2, 0) is 89.5 Å². The van der Waals surface area contributed by atoms with E-state index >= 15 is 0 Å². The van der Waals surface area contributed by atoms with E-state index in [-0.39, 0.29) is 72.6 Å². The van der Waals surface area contributed by atoms with Crippen molar-refractivity contribution in [1.82, 2.24) is 36.3 Å². The lowest BCUT2D eigenvalue weighted by Gasteiger charge is -2.42. The maximum Gasteiger partial charge on any atom is 0.407 e. The number of benzene rings is 4. The molecule has 0 spiro atoms. The zero-order valence-corrected chi connectivity index (χ0v) is 54.4. The molecule has 2 aliphatic carbocycles. The SMILES string of the molecule is CNC(=O)CCOCCOCCOCCOCCn1cc(CCC(=O)NC(Cc2ccccc2)C(=O)NC(CCCC[NH3+])C(=O)Nc2ccc(COC(=O)NC3CC(OC4CC(O)(C(=O)CO)Cc5c(O)c6c(c(O)c54)C(=O)c4c(OC)cccc4C6=O)OC(C)C3O)cc2)nn1. The fourth-order valence-corrected chi connectivity index (χ4v) is 11.5. The molecule has 524 valence electrons. The van der Waals surface area contributed by atoms with Gasteiger partial charge in [-0.05, 0) is 55.5 Å². The number of aromatic nitrogens is 3. The van der Waals surface area contributed by atoms with Gasteiger partial charge in [0, 0.05) is 80.6 Å². The predicted octanol–water partition coefficient (Wildman–Crippen LogP) is 0.959. The Hall–Kier alpha value is -8.82. The number of methoxy groups -OCH3 is 1. The number of ether oxygens (including phenoxy) is 8. The van der Waals surface area contributed by atoms with Crippen LogP contribution in [0.1, 0.15) is 118 Å². The molecule has 30 heteroatoms. The van der Waals surface area contributed by atoms with E-state index in [1.165, 1.54) is 32.2 Å². The molecule has 0 bridgehead atoms. The largest absolute Gasteiger partial charge is 0.507 e. The van der Waals surface area contributed by atoms with Crippen molar-refractivity contribution < 1.29 is 108 Å². The molecular weight excluding hydrogens is 1270 g/mol. The molecule has 1 aliphatic heterocycles. The number of nitrogens with one attached hydrogen (secondary N) is 5. The molecule has 8 atom stereocenters. The number of carbonyl (C=O) groups is 8. The maximum absolute atomic E-state index is 14.2. The molecule has 1 fully saturated rings. The molecule has 3 aliphatic rings. The van der Waals surface area contributed by atoms with Crippen molar-refractivity contribution in [2.24, 2.45) is 0 Å². The molecule has 5 aromatic rings. The van der Waals surface area contributed by atoms with E-state index in [1.54, 1.807) is 42.2 Å². The summed E-state index contributed by atoms with van der Waals surface area (Å²) in [6.07, 6.45) is -3.99. The Bertz CT molecular complexity index is 3540. The van der Waals surface area contributed by atoms with Crippen molar-refractivity contribution in [3.05, 3.63) is 129 Å². The highest BCUT2D eigenvalue weighted by atomic mass is 16.7. The first-order valence-electron chi connectivity index (χ1n) is 32.1. The second kappa shape index (κ2) is 36.0. The first kappa shape index (κ1) is 74.0. The van der Waals surface area contributed by atoms with Crippen LogP contribution in [0.4, 0.5) is 10.5 Å². The summed E-state index contributed by atoms with van der Waals surface area (Å²) in [4.78, 5) is 108. The highest BCUT2D eigenvalue weighted by Gasteiger charge is 2.50. The number of hydrogen-bond acceptors (Lipinski definition) is 23. The van der Waals surface area contributed by atoms with E-state index in [4.69, 9.17) is 37.9 Å². The van der Waals surface area contributed by atoms with Crippen LogP contribution in [0.2, 0.25) is 0 Å². The number of hydrogen-bond donors (Lipinski definition) is 11. The summed E-state index contributed by atoms with van der Waals surface area (Å²) in [6.45, 7) is 4.03. The van der Waals surface area contributed by atoms with Crippen molar-refractivity contribution in [2.75, 3.05) is 85.5 Å². The summed E-state index contributed by atoms with van der Waals surface area (Å²) in [6, 6.07) is 16.6. The lowest BCUT2D eigenvalue weighted by molar-refractivity contribution is -0.368. The summed E-state index contributed by atoms with van der Waals surface area (Å²) in [5.41, 5.74) is 1.70. The number of quaternary nitrogens is 1. The van der Waals surface area contributed by atoms with Gasteiger partial charge < -0.3 is 95.7 Å². The number of nitrogens with zero attached hydrogens (tertiary/aromatic N) is 3. The lowest BCUT2D eigenvalue weighted by Crippen LogP contribution is -2.56. The van der Waals surface area contributed by atoms with Crippen molar-refractivity contribution in [3.8, 4) is 17.2 Å². The number of ketones is 3. The van der Waals surface area contributed by atoms with Crippen LogP contribution in [0.15, 0.2) is 79.0 Å². The van der Waals surface area contributed by atoms with Crippen molar-refractivity contribution >= 4 is 52.8 Å². The molecule has 97 heavy (non-hydrogen) atoms. The number of phenolic OH excluding ortho intramolecular Hbond substituents is 2. The number of phenols is 2. The first-order chi connectivity index (χ1) is 46.7. The number of aryl methyl sites for hydroxylation is 1. The van der Waals surface area contributed by atoms with Gasteiger partial charge in [-0.2, -0.15) is 0 Å². The Balaban J connectivity index is 0.814. The van der Waals surface area contributed by atoms with E-state index < -0.39 is 132 Å². The van der Waals surface area contributed by atoms with E-state index in [0.29, 0.717) is 102 Å². The third-order valence-corrected chi connectivity index (χ3v) is 16.7. The van der Waals surface area contributed by atoms with E-state index in [1.807, 2.05) is 30.3 Å². The average molecular weight is 1350 g/mol. The number of Topliss-reactive ketones (excluding diaryl/α,β-unsaturated/α-hetero) is 1. The zero-order valence-electron chi connectivity index (χ0n) is 54.4. The molecule has 1 aromatic heterocycles. The van der Waals surface area contributed by atoms with Gasteiger partial charge in [0.05, 0.1) is 114 Å². The third-order valence-electron chi connectivity index (χ3n) is 16.7. The standard InChI is InChI=1S/C67H85N9O21/c1-39-59(81)47(33-54(96-39)97-50-35-67(89,51(78)37-77)34-45-56(50)63(85)58-57(61(45)83)60(82)44-12-9-14-49(90-3)55(44)62(58)84)73-66(88)95-38-41-15-17-42(18-16-41)70-64(86)46(13-7-8-22-68)72-65(87)48(32-40-10-5-4-6-11-40)71-53(80)20-19-43-36-76(75-74-43)23-25-92-27-29-94-31-30-93-28-26-91-24-21-52(79)69-2/h4-6,9-12,14-18,36,39,46-48,50,54,59,77,81,83,85,89H,7-8,13,19-35,37-38,68H2,1-3H3,(H,69,79)(H,70,86)(H,71,80)(H,72,87)(H,73,88)/p+1. The van der Waals surface area contributed by atoms with Gasteiger partial charge in [-0.3, -0.25) is 33.6 Å². The number of aliphatic hydroxyl groups excluding tert-OH is 2. The minimum absolute atomic E-state index is 0.00844. The fraction of sp³-hybridized carbons (Fsp3) is 0.493. The smallest absolute Gasteiger partial charge is 0.407 e. The predicted molar refractivity (Wildman–Crippen MR) is 342 cm³/mol. The number of alkyl carbamates (subject to hydrolysis) is 1. The highest BCUT2D eigenvalue weighted by molar-refractivity contribution is 6.31. The van der Waals surface area contributed by atoms with Crippen LogP contribution in [0.25, 0.3) is 0 Å². The quantitative estimate of drug-likeness (QED) is 0.0191. The van der Waals surface area contributed by atoms with Crippen LogP contribution < -0.4 is 37.1 Å². The van der Waals surface area contributed by atoms with Gasteiger partial charge in [0.15, 0.2) is 17.9 Å². The summed E-state index contributed by atoms with van der Waals surface area (Å²) in [5.74, 6) is -5.92. The highest BCUT2D eigenvalue weighted by Crippen LogP contribution is 2.52. The third kappa shape index (κ3) is 19.9. The fourth-order valence-electron chi connectivity index (χ4n) is 11.5. The Morgan fingerprint density at radius 1 is 0.784 bits per heavy atom. The number of aliphatic hydroxyl groups is 3. The topological polar surface area (TPSA) is 430 Å². The van der Waals surface area contributed by atoms with Gasteiger partial charge in [-0.25, -0.2) is 9.48 Å². The molecular formula is C67H86N9O21+. The Labute approximate surface area is 559 Å². The van der Waals surface area contributed by atoms with Crippen LogP contribution in [-0.4, -0.2) is 210 Å². The second-order valence-electron chi connectivity index (χ2n) is 23.6. The molecule has 4 aromatic carbocycles. The second-order valence-corrected chi connectivity index (χ2v) is 23.6. The summed E-state index contributed by atoms with van der Waals surface area (Å²) in [5, 5.41) is 78.6. The number of unbranched alkanes of at least 4 members (excludes halogenated alkanes) is 1. The average Bonchev–Trinajstić information content (AvgIpc) is 1.24. The van der Waals surface area contributed by atoms with Gasteiger partial charge in [0.2, 0.25) is 29.4 Å². The molecule has 30 nitrogen and oxygen atoms in total. The summed E-state index contributed by atoms with van der Waals surface area (Å²) in [7, 11) is 2.86. The summed E-state index contributed by atoms with van der Waals surface area (Å²) < 4.78 is 46.7. The number of fused-ring (bicyclic) bond motifs is 3. The molecule has 2 heterocycles. The molecule has 8 unspecified atom stereocenters. The van der Waals surface area contributed by atoms with Crippen molar-refractivity contribution in [1.29, 1.82) is 0 Å². The van der Waals surface area contributed by atoms with Gasteiger partial charge in [-0.1, -0.05) is 59.8 Å². The maximum atomic E-state index is 14.2. The molecule has 1 saturated heterocycles. The number of anilines is 1. The van der Waals surface area contributed by atoms with E-state index in [9.17, 15) is 63.9 Å². The Morgan fingerprint density at radius 2 is 1.47 bits per heavy atom. The molecule has 0 radical (unpaired) electrons. The van der Waals surface area contributed by atoms with Crippen LogP contribution in [0.5, 0.6) is 17.2 Å². The van der Waals surface area contributed by atoms with Gasteiger partial charge in [0.25, 0.3) is 0 Å². The van der Waals surface area contributed by atoms with Crippen LogP contribution in [0.3, 0.4) is 0 Å². The Kier molecular flexibility index (Phi) is 27.4. The van der Waals surface area contributed by atoms with Crippen molar-refractivity contribution in [3.63, 3.8) is 0 Å². The molecule has 8 rings (SSSR count). The van der Waals surface area contributed by atoms with Crippen LogP contribution in [0, 0.1) is 0 Å². The number of amides is 5. The normalized spacial score (nSPS) is 19.3. The monoisotopic (exact) mass is 1350 g/mol. The van der Waals surface area contributed by atoms with Crippen LogP contribution >= 0.6 is 0 Å². The molecule has 13 N–H and O–H groups in total. The lowest BCUT2D eigenvalue weighted by atomic mass is 9.72. The van der Waals surface area contributed by atoms with Crippen molar-refractivity contribution in [2.45, 2.75) is 133 Å². The number of carbonyl (C=O) groups excluding carboxylic acids is 8. The number of aromatic hydroxyl groups is 2. The summed E-state index contributed by atoms with van der Waals surface area (Å²) >= 11 is 0. The number of rotatable bonds is 37.